The van der Waals surface area contributed by atoms with Crippen molar-refractivity contribution in [2.45, 2.75) is 65.8 Å². The molecule has 1 aliphatic heterocycles. The summed E-state index contributed by atoms with van der Waals surface area (Å²) in [6.45, 7) is 11.6. The molecular formula is C13H27N. The standard InChI is InChI=1S/C11H21N.C2H6/c1-11(2)7-5-6-10(11)12-8-3-4-9-12;1-2/h10H,3-9H2,1-2H3;1-2H3. The van der Waals surface area contributed by atoms with Gasteiger partial charge in [0.05, 0.1) is 0 Å². The summed E-state index contributed by atoms with van der Waals surface area (Å²) in [5.41, 5.74) is 0.602. The monoisotopic (exact) mass is 197 g/mol. The van der Waals surface area contributed by atoms with Gasteiger partial charge in [0, 0.05) is 6.04 Å². The van der Waals surface area contributed by atoms with Crippen LogP contribution in [0.5, 0.6) is 0 Å². The molecule has 1 saturated carbocycles. The Morgan fingerprint density at radius 2 is 1.57 bits per heavy atom. The Morgan fingerprint density at radius 3 is 2.00 bits per heavy atom. The van der Waals surface area contributed by atoms with Crippen LogP contribution in [-0.4, -0.2) is 24.0 Å². The average Bonchev–Trinajstić information content (AvgIpc) is 2.76. The Balaban J connectivity index is 0.000000461. The molecule has 1 aliphatic carbocycles. The van der Waals surface area contributed by atoms with Crippen molar-refractivity contribution in [3.05, 3.63) is 0 Å². The van der Waals surface area contributed by atoms with Crippen molar-refractivity contribution in [1.29, 1.82) is 0 Å². The van der Waals surface area contributed by atoms with E-state index < -0.39 is 0 Å². The van der Waals surface area contributed by atoms with Gasteiger partial charge in [0.1, 0.15) is 0 Å². The van der Waals surface area contributed by atoms with Gasteiger partial charge in [-0.2, -0.15) is 0 Å². The molecule has 1 heteroatoms. The number of nitrogens with zero attached hydrogens (tertiary/aromatic N) is 1. The fraction of sp³-hybridized carbons (Fsp3) is 1.00. The van der Waals surface area contributed by atoms with Gasteiger partial charge in [-0.25, -0.2) is 0 Å². The SMILES string of the molecule is CC.CC1(C)CCCC1N1CCCC1. The van der Waals surface area contributed by atoms with E-state index in [0.29, 0.717) is 5.41 Å². The van der Waals surface area contributed by atoms with E-state index in [1.54, 1.807) is 0 Å². The summed E-state index contributed by atoms with van der Waals surface area (Å²) in [6, 6.07) is 0.903. The smallest absolute Gasteiger partial charge is 0.0146 e. The highest BCUT2D eigenvalue weighted by Gasteiger charge is 2.38. The lowest BCUT2D eigenvalue weighted by Gasteiger charge is -2.34. The second-order valence-electron chi connectivity index (χ2n) is 5.14. The van der Waals surface area contributed by atoms with E-state index in [9.17, 15) is 0 Å². The molecule has 0 aromatic rings. The zero-order chi connectivity index (χ0) is 10.6. The maximum Gasteiger partial charge on any atom is 0.0146 e. The van der Waals surface area contributed by atoms with Crippen LogP contribution < -0.4 is 0 Å². The fourth-order valence-electron chi connectivity index (χ4n) is 3.04. The maximum absolute atomic E-state index is 2.73. The Kier molecular flexibility index (Phi) is 4.43. The summed E-state index contributed by atoms with van der Waals surface area (Å²) in [4.78, 5) is 2.73. The first kappa shape index (κ1) is 12.0. The minimum atomic E-state index is 0.602. The molecule has 14 heavy (non-hydrogen) atoms. The summed E-state index contributed by atoms with van der Waals surface area (Å²) < 4.78 is 0. The van der Waals surface area contributed by atoms with Gasteiger partial charge >= 0.3 is 0 Å². The number of likely N-dealkylation sites (tertiary alicyclic amines) is 1. The molecule has 0 radical (unpaired) electrons. The van der Waals surface area contributed by atoms with E-state index >= 15 is 0 Å². The van der Waals surface area contributed by atoms with Crippen LogP contribution >= 0.6 is 0 Å². The third-order valence-electron chi connectivity index (χ3n) is 3.78. The largest absolute Gasteiger partial charge is 0.300 e. The van der Waals surface area contributed by atoms with E-state index in [-0.39, 0.29) is 0 Å². The summed E-state index contributed by atoms with van der Waals surface area (Å²) in [7, 11) is 0. The first-order chi connectivity index (χ1) is 6.70. The molecule has 0 bridgehead atoms. The molecule has 0 spiro atoms. The van der Waals surface area contributed by atoms with Crippen LogP contribution in [0.2, 0.25) is 0 Å². The van der Waals surface area contributed by atoms with Gasteiger partial charge in [0.25, 0.3) is 0 Å². The Bertz CT molecular complexity index is 157. The molecule has 2 fully saturated rings. The zero-order valence-corrected chi connectivity index (χ0v) is 10.5. The van der Waals surface area contributed by atoms with Gasteiger partial charge in [0.2, 0.25) is 0 Å². The predicted molar refractivity (Wildman–Crippen MR) is 63.6 cm³/mol. The third kappa shape index (κ3) is 2.50. The third-order valence-corrected chi connectivity index (χ3v) is 3.78. The molecule has 84 valence electrons. The van der Waals surface area contributed by atoms with E-state index in [0.717, 1.165) is 6.04 Å². The Labute approximate surface area is 89.9 Å². The van der Waals surface area contributed by atoms with Crippen molar-refractivity contribution in [3.8, 4) is 0 Å². The van der Waals surface area contributed by atoms with Crippen LogP contribution in [0, 0.1) is 5.41 Å². The number of hydrogen-bond acceptors (Lipinski definition) is 1. The lowest BCUT2D eigenvalue weighted by Crippen LogP contribution is -2.39. The van der Waals surface area contributed by atoms with Crippen molar-refractivity contribution < 1.29 is 0 Å². The second-order valence-corrected chi connectivity index (χ2v) is 5.14. The van der Waals surface area contributed by atoms with Gasteiger partial charge in [-0.1, -0.05) is 34.1 Å². The molecule has 1 atom stereocenters. The van der Waals surface area contributed by atoms with Crippen LogP contribution in [0.4, 0.5) is 0 Å². The van der Waals surface area contributed by atoms with E-state index in [2.05, 4.69) is 18.7 Å². The fourth-order valence-corrected chi connectivity index (χ4v) is 3.04. The minimum absolute atomic E-state index is 0.602. The Hall–Kier alpha value is -0.0400. The maximum atomic E-state index is 2.73. The van der Waals surface area contributed by atoms with Crippen LogP contribution in [0.1, 0.15) is 59.8 Å². The number of hydrogen-bond donors (Lipinski definition) is 0. The van der Waals surface area contributed by atoms with Crippen molar-refractivity contribution >= 4 is 0 Å². The zero-order valence-electron chi connectivity index (χ0n) is 10.5. The highest BCUT2D eigenvalue weighted by molar-refractivity contribution is 4.93. The lowest BCUT2D eigenvalue weighted by atomic mass is 9.86. The molecule has 2 rings (SSSR count). The highest BCUT2D eigenvalue weighted by Crippen LogP contribution is 2.41. The summed E-state index contributed by atoms with van der Waals surface area (Å²) in [6.07, 6.45) is 7.22. The van der Waals surface area contributed by atoms with Gasteiger partial charge in [-0.05, 0) is 44.2 Å². The quantitative estimate of drug-likeness (QED) is 0.620. The molecule has 1 nitrogen and oxygen atoms in total. The van der Waals surface area contributed by atoms with Crippen molar-refractivity contribution in [3.63, 3.8) is 0 Å². The van der Waals surface area contributed by atoms with Crippen LogP contribution in [0.25, 0.3) is 0 Å². The molecule has 0 aromatic heterocycles. The van der Waals surface area contributed by atoms with Gasteiger partial charge in [-0.15, -0.1) is 0 Å². The molecule has 0 amide bonds. The van der Waals surface area contributed by atoms with Gasteiger partial charge in [0.15, 0.2) is 0 Å². The van der Waals surface area contributed by atoms with Crippen LogP contribution in [0.15, 0.2) is 0 Å². The average molecular weight is 197 g/mol. The summed E-state index contributed by atoms with van der Waals surface area (Å²) in [5, 5.41) is 0. The molecule has 1 unspecified atom stereocenters. The molecule has 1 heterocycles. The van der Waals surface area contributed by atoms with Crippen molar-refractivity contribution in [2.24, 2.45) is 5.41 Å². The number of rotatable bonds is 1. The van der Waals surface area contributed by atoms with Gasteiger partial charge in [-0.3, -0.25) is 4.90 Å². The second kappa shape index (κ2) is 5.16. The van der Waals surface area contributed by atoms with E-state index in [1.807, 2.05) is 13.8 Å². The van der Waals surface area contributed by atoms with Gasteiger partial charge < -0.3 is 0 Å². The summed E-state index contributed by atoms with van der Waals surface area (Å²) in [5.74, 6) is 0. The minimum Gasteiger partial charge on any atom is -0.300 e. The van der Waals surface area contributed by atoms with E-state index in [1.165, 1.54) is 45.2 Å². The topological polar surface area (TPSA) is 3.24 Å². The molecule has 0 aromatic carbocycles. The molecular weight excluding hydrogens is 170 g/mol. The molecule has 1 saturated heterocycles. The van der Waals surface area contributed by atoms with E-state index in [4.69, 9.17) is 0 Å². The molecule has 2 aliphatic rings. The predicted octanol–water partition coefficient (Wildman–Crippen LogP) is 3.69. The Morgan fingerprint density at radius 1 is 1.00 bits per heavy atom. The first-order valence-corrected chi connectivity index (χ1v) is 6.44. The normalized spacial score (nSPS) is 31.3. The summed E-state index contributed by atoms with van der Waals surface area (Å²) >= 11 is 0. The lowest BCUT2D eigenvalue weighted by molar-refractivity contribution is 0.140. The highest BCUT2D eigenvalue weighted by atomic mass is 15.2. The first-order valence-electron chi connectivity index (χ1n) is 6.44. The van der Waals surface area contributed by atoms with Crippen molar-refractivity contribution in [2.75, 3.05) is 13.1 Å². The van der Waals surface area contributed by atoms with Crippen LogP contribution in [0.3, 0.4) is 0 Å². The molecule has 0 N–H and O–H groups in total. The van der Waals surface area contributed by atoms with Crippen molar-refractivity contribution in [1.82, 2.24) is 4.90 Å². The van der Waals surface area contributed by atoms with Crippen LogP contribution in [-0.2, 0) is 0 Å².